The van der Waals surface area contributed by atoms with E-state index in [1.54, 1.807) is 20.6 Å². The summed E-state index contributed by atoms with van der Waals surface area (Å²) in [4.78, 5) is 56.9. The third-order valence-corrected chi connectivity index (χ3v) is 6.14. The van der Waals surface area contributed by atoms with Gasteiger partial charge in [-0.1, -0.05) is 30.3 Å². The molecule has 37 heavy (non-hydrogen) atoms. The van der Waals surface area contributed by atoms with Crippen molar-refractivity contribution in [3.63, 3.8) is 0 Å². The fourth-order valence-electron chi connectivity index (χ4n) is 4.04. The van der Waals surface area contributed by atoms with Gasteiger partial charge < -0.3 is 28.8 Å². The Kier molecular flexibility index (Phi) is 7.66. The third kappa shape index (κ3) is 6.21. The number of nitrogens with zero attached hydrogens (tertiary/aromatic N) is 6. The van der Waals surface area contributed by atoms with Gasteiger partial charge >= 0.3 is 11.9 Å². The van der Waals surface area contributed by atoms with Gasteiger partial charge in [0.25, 0.3) is 0 Å². The van der Waals surface area contributed by atoms with Crippen molar-refractivity contribution in [1.29, 1.82) is 0 Å². The molecule has 12 nitrogen and oxygen atoms in total. The van der Waals surface area contributed by atoms with Crippen LogP contribution in [0.2, 0.25) is 0 Å². The molecular weight excluding hydrogens is 480 g/mol. The quantitative estimate of drug-likeness (QED) is 0.524. The summed E-state index contributed by atoms with van der Waals surface area (Å²) in [5.41, 5.74) is 1.26. The number of carboxylic acids is 1. The molecule has 0 radical (unpaired) electrons. The largest absolute Gasteiger partial charge is 0.476 e. The Morgan fingerprint density at radius 3 is 1.84 bits per heavy atom. The summed E-state index contributed by atoms with van der Waals surface area (Å²) < 4.78 is 8.95. The molecular formula is C25H28N6O6. The predicted octanol–water partition coefficient (Wildman–Crippen LogP) is 1.55. The molecule has 2 amide bonds. The molecule has 2 aliphatic heterocycles. The van der Waals surface area contributed by atoms with Crippen molar-refractivity contribution in [3.8, 4) is 0 Å². The molecule has 4 heterocycles. The maximum Gasteiger partial charge on any atom is 0.358 e. The molecule has 0 saturated carbocycles. The number of carboxylic acid groups (broad SMARTS) is 1. The van der Waals surface area contributed by atoms with Crippen LogP contribution in [0.4, 0.5) is 0 Å². The molecule has 12 heteroatoms. The maximum absolute atomic E-state index is 12.1. The smallest absolute Gasteiger partial charge is 0.358 e. The number of imidazole rings is 2. The third-order valence-electron chi connectivity index (χ3n) is 6.14. The van der Waals surface area contributed by atoms with Gasteiger partial charge in [0, 0.05) is 52.4 Å². The average molecular weight is 509 g/mol. The van der Waals surface area contributed by atoms with Crippen LogP contribution in [0, 0.1) is 0 Å². The monoisotopic (exact) mass is 508 g/mol. The standard InChI is InChI=1S/C16H17N3O3.C9H11N3O3/c1-12(20)18-7-8-19-9-14(17-15(19)10-18)16(21)22-11-13-5-3-2-4-6-13;1-6(13)11-2-3-12-4-7(9(14)15)10-8(12)5-11/h2-6,9H,7-8,10-11H2,1H3;4H,2-3,5H2,1H3,(H,14,15). The summed E-state index contributed by atoms with van der Waals surface area (Å²) in [6.45, 7) is 6.58. The van der Waals surface area contributed by atoms with Gasteiger partial charge in [0.15, 0.2) is 11.4 Å². The zero-order valence-corrected chi connectivity index (χ0v) is 20.7. The highest BCUT2D eigenvalue weighted by Gasteiger charge is 2.23. The second-order valence-electron chi connectivity index (χ2n) is 8.72. The second kappa shape index (κ2) is 11.1. The number of amides is 2. The van der Waals surface area contributed by atoms with Crippen molar-refractivity contribution < 1.29 is 29.0 Å². The molecule has 0 aliphatic carbocycles. The van der Waals surface area contributed by atoms with E-state index in [0.29, 0.717) is 50.9 Å². The molecule has 194 valence electrons. The number of ether oxygens (including phenoxy) is 1. The molecule has 0 bridgehead atoms. The predicted molar refractivity (Wildman–Crippen MR) is 129 cm³/mol. The number of hydrogen-bond acceptors (Lipinski definition) is 7. The fourth-order valence-corrected chi connectivity index (χ4v) is 4.04. The van der Waals surface area contributed by atoms with Crippen LogP contribution in [0.5, 0.6) is 0 Å². The summed E-state index contributed by atoms with van der Waals surface area (Å²) in [5, 5.41) is 8.75. The number of fused-ring (bicyclic) bond motifs is 2. The van der Waals surface area contributed by atoms with Crippen LogP contribution in [0.15, 0.2) is 42.7 Å². The summed E-state index contributed by atoms with van der Waals surface area (Å²) in [7, 11) is 0. The van der Waals surface area contributed by atoms with E-state index in [1.807, 2.05) is 34.9 Å². The van der Waals surface area contributed by atoms with E-state index < -0.39 is 11.9 Å². The zero-order valence-electron chi connectivity index (χ0n) is 20.7. The van der Waals surface area contributed by atoms with E-state index in [4.69, 9.17) is 9.84 Å². The Balaban J connectivity index is 0.000000186. The SMILES string of the molecule is CC(=O)N1CCn2cc(C(=O)O)nc2C1.CC(=O)N1CCn2cc(C(=O)OCc3ccccc3)nc2C1. The first kappa shape index (κ1) is 25.6. The summed E-state index contributed by atoms with van der Waals surface area (Å²) in [6.07, 6.45) is 3.20. The molecule has 0 atom stereocenters. The normalized spacial score (nSPS) is 14.1. The van der Waals surface area contributed by atoms with Crippen LogP contribution in [-0.2, 0) is 47.1 Å². The second-order valence-corrected chi connectivity index (χ2v) is 8.72. The van der Waals surface area contributed by atoms with Crippen molar-refractivity contribution in [2.45, 2.75) is 46.6 Å². The van der Waals surface area contributed by atoms with Crippen LogP contribution in [0.1, 0.15) is 52.0 Å². The van der Waals surface area contributed by atoms with Crippen LogP contribution < -0.4 is 0 Å². The molecule has 5 rings (SSSR count). The Labute approximate surface area is 213 Å². The number of aromatic carboxylic acids is 1. The fraction of sp³-hybridized carbons (Fsp3) is 0.360. The Hall–Kier alpha value is -4.48. The average Bonchev–Trinajstić information content (AvgIpc) is 3.52. The highest BCUT2D eigenvalue weighted by molar-refractivity contribution is 5.87. The lowest BCUT2D eigenvalue weighted by Crippen LogP contribution is -2.36. The van der Waals surface area contributed by atoms with Gasteiger partial charge in [-0.25, -0.2) is 19.6 Å². The first-order valence-electron chi connectivity index (χ1n) is 11.8. The first-order chi connectivity index (χ1) is 17.7. The lowest BCUT2D eigenvalue weighted by molar-refractivity contribution is -0.131. The molecule has 2 aromatic heterocycles. The topological polar surface area (TPSA) is 140 Å². The van der Waals surface area contributed by atoms with Gasteiger partial charge in [-0.15, -0.1) is 0 Å². The van der Waals surface area contributed by atoms with Crippen molar-refractivity contribution in [1.82, 2.24) is 28.9 Å². The van der Waals surface area contributed by atoms with Gasteiger partial charge in [-0.05, 0) is 5.56 Å². The molecule has 1 N–H and O–H groups in total. The number of aromatic nitrogens is 4. The molecule has 1 aromatic carbocycles. The first-order valence-corrected chi connectivity index (χ1v) is 11.8. The van der Waals surface area contributed by atoms with Gasteiger partial charge in [0.1, 0.15) is 18.3 Å². The highest BCUT2D eigenvalue weighted by Crippen LogP contribution is 2.15. The number of hydrogen-bond donors (Lipinski definition) is 1. The van der Waals surface area contributed by atoms with Crippen molar-refractivity contribution >= 4 is 23.8 Å². The molecule has 3 aromatic rings. The molecule has 0 fully saturated rings. The van der Waals surface area contributed by atoms with Crippen LogP contribution >= 0.6 is 0 Å². The van der Waals surface area contributed by atoms with Crippen LogP contribution in [0.25, 0.3) is 0 Å². The number of carbonyl (C=O) groups excluding carboxylic acids is 3. The van der Waals surface area contributed by atoms with E-state index in [0.717, 1.165) is 5.56 Å². The van der Waals surface area contributed by atoms with Gasteiger partial charge in [-0.3, -0.25) is 9.59 Å². The lowest BCUT2D eigenvalue weighted by Gasteiger charge is -2.26. The van der Waals surface area contributed by atoms with Crippen LogP contribution in [-0.4, -0.2) is 70.9 Å². The van der Waals surface area contributed by atoms with Crippen LogP contribution in [0.3, 0.4) is 0 Å². The van der Waals surface area contributed by atoms with Gasteiger partial charge in [0.05, 0.1) is 13.1 Å². The van der Waals surface area contributed by atoms with E-state index in [9.17, 15) is 19.2 Å². The minimum absolute atomic E-state index is 0.0128. The minimum atomic E-state index is -1.04. The Morgan fingerprint density at radius 1 is 0.811 bits per heavy atom. The molecule has 0 saturated heterocycles. The molecule has 0 unspecified atom stereocenters. The van der Waals surface area contributed by atoms with Crippen molar-refractivity contribution in [2.75, 3.05) is 13.1 Å². The summed E-state index contributed by atoms with van der Waals surface area (Å²) in [6, 6.07) is 9.51. The minimum Gasteiger partial charge on any atom is -0.476 e. The maximum atomic E-state index is 12.1. The van der Waals surface area contributed by atoms with Gasteiger partial charge in [-0.2, -0.15) is 0 Å². The Morgan fingerprint density at radius 2 is 1.32 bits per heavy atom. The summed E-state index contributed by atoms with van der Waals surface area (Å²) >= 11 is 0. The zero-order chi connectivity index (χ0) is 26.5. The van der Waals surface area contributed by atoms with Gasteiger partial charge in [0.2, 0.25) is 11.8 Å². The lowest BCUT2D eigenvalue weighted by atomic mass is 10.2. The number of benzene rings is 1. The van der Waals surface area contributed by atoms with E-state index in [1.165, 1.54) is 20.0 Å². The Bertz CT molecular complexity index is 1310. The van der Waals surface area contributed by atoms with E-state index >= 15 is 0 Å². The number of esters is 1. The van der Waals surface area contributed by atoms with Crippen molar-refractivity contribution in [3.05, 3.63) is 71.3 Å². The highest BCUT2D eigenvalue weighted by atomic mass is 16.5. The van der Waals surface area contributed by atoms with Crippen molar-refractivity contribution in [2.24, 2.45) is 0 Å². The molecule has 2 aliphatic rings. The van der Waals surface area contributed by atoms with E-state index in [-0.39, 0.29) is 29.8 Å². The number of carbonyl (C=O) groups is 4. The van der Waals surface area contributed by atoms with E-state index in [2.05, 4.69) is 9.97 Å². The molecule has 0 spiro atoms. The number of rotatable bonds is 4. The summed E-state index contributed by atoms with van der Waals surface area (Å²) in [5.74, 6) is -0.128.